The molecule has 104 valence electrons. The number of rotatable bonds is 2. The number of hydrogen-bond acceptors (Lipinski definition) is 3. The molecule has 18 heavy (non-hydrogen) atoms. The lowest BCUT2D eigenvalue weighted by Crippen LogP contribution is -2.54. The summed E-state index contributed by atoms with van der Waals surface area (Å²) >= 11 is 0. The van der Waals surface area contributed by atoms with Crippen LogP contribution in [0.5, 0.6) is 0 Å². The van der Waals surface area contributed by atoms with Gasteiger partial charge < -0.3 is 10.5 Å². The van der Waals surface area contributed by atoms with Crippen LogP contribution in [0.25, 0.3) is 0 Å². The van der Waals surface area contributed by atoms with Crippen LogP contribution in [0.1, 0.15) is 51.9 Å². The van der Waals surface area contributed by atoms with Gasteiger partial charge in [-0.25, -0.2) is 0 Å². The van der Waals surface area contributed by atoms with Crippen molar-refractivity contribution in [3.05, 3.63) is 0 Å². The van der Waals surface area contributed by atoms with E-state index in [1.165, 1.54) is 58.0 Å². The molecule has 0 aromatic carbocycles. The lowest BCUT2D eigenvalue weighted by molar-refractivity contribution is -0.151. The van der Waals surface area contributed by atoms with Gasteiger partial charge in [0.25, 0.3) is 0 Å². The van der Waals surface area contributed by atoms with Crippen molar-refractivity contribution < 1.29 is 4.74 Å². The van der Waals surface area contributed by atoms with Crippen molar-refractivity contribution >= 4 is 0 Å². The average molecular weight is 252 g/mol. The van der Waals surface area contributed by atoms with Crippen LogP contribution in [0.4, 0.5) is 0 Å². The zero-order chi connectivity index (χ0) is 12.6. The second-order valence-corrected chi connectivity index (χ2v) is 6.79. The van der Waals surface area contributed by atoms with E-state index >= 15 is 0 Å². The summed E-state index contributed by atoms with van der Waals surface area (Å²) in [4.78, 5) is 2.72. The van der Waals surface area contributed by atoms with Crippen molar-refractivity contribution in [1.29, 1.82) is 0 Å². The minimum absolute atomic E-state index is 0.282. The minimum atomic E-state index is 0.282. The Kier molecular flexibility index (Phi) is 3.65. The van der Waals surface area contributed by atoms with Crippen molar-refractivity contribution in [3.8, 4) is 0 Å². The summed E-state index contributed by atoms with van der Waals surface area (Å²) in [5.74, 6) is 0.707. The molecular formula is C15H28N2O. The van der Waals surface area contributed by atoms with Crippen LogP contribution in [0.2, 0.25) is 0 Å². The fraction of sp³-hybridized carbons (Fsp3) is 1.00. The van der Waals surface area contributed by atoms with Gasteiger partial charge in [-0.05, 0) is 64.3 Å². The lowest BCUT2D eigenvalue weighted by Gasteiger charge is -2.51. The topological polar surface area (TPSA) is 38.5 Å². The van der Waals surface area contributed by atoms with Crippen molar-refractivity contribution in [3.63, 3.8) is 0 Å². The Morgan fingerprint density at radius 2 is 2.11 bits per heavy atom. The minimum Gasteiger partial charge on any atom is -0.375 e. The molecular weight excluding hydrogens is 224 g/mol. The predicted octanol–water partition coefficient (Wildman–Crippen LogP) is 2.15. The van der Waals surface area contributed by atoms with E-state index in [0.717, 1.165) is 12.6 Å². The van der Waals surface area contributed by atoms with Crippen LogP contribution in [0.15, 0.2) is 0 Å². The number of nitrogens with zero attached hydrogens (tertiary/aromatic N) is 1. The number of piperidine rings is 1. The first-order valence-electron chi connectivity index (χ1n) is 7.82. The first-order chi connectivity index (χ1) is 8.69. The first-order valence-corrected chi connectivity index (χ1v) is 7.82. The number of hydrogen-bond donors (Lipinski definition) is 1. The lowest BCUT2D eigenvalue weighted by atomic mass is 9.73. The van der Waals surface area contributed by atoms with E-state index in [1.807, 2.05) is 0 Å². The normalized spacial score (nSPS) is 38.3. The molecule has 0 bridgehead atoms. The Hall–Kier alpha value is -0.120. The summed E-state index contributed by atoms with van der Waals surface area (Å²) in [6.45, 7) is 5.65. The third kappa shape index (κ3) is 2.45. The van der Waals surface area contributed by atoms with Crippen molar-refractivity contribution in [2.24, 2.45) is 11.7 Å². The maximum absolute atomic E-state index is 6.10. The Morgan fingerprint density at radius 1 is 1.28 bits per heavy atom. The fourth-order valence-corrected chi connectivity index (χ4v) is 4.03. The van der Waals surface area contributed by atoms with E-state index in [-0.39, 0.29) is 5.60 Å². The largest absolute Gasteiger partial charge is 0.375 e. The molecule has 2 saturated heterocycles. The highest BCUT2D eigenvalue weighted by atomic mass is 16.5. The molecule has 2 aliphatic heterocycles. The van der Waals surface area contributed by atoms with Gasteiger partial charge in [0.2, 0.25) is 0 Å². The van der Waals surface area contributed by atoms with Crippen LogP contribution in [0.3, 0.4) is 0 Å². The van der Waals surface area contributed by atoms with E-state index < -0.39 is 0 Å². The summed E-state index contributed by atoms with van der Waals surface area (Å²) in [5, 5.41) is 0. The molecule has 2 N–H and O–H groups in total. The summed E-state index contributed by atoms with van der Waals surface area (Å²) in [5.41, 5.74) is 6.38. The number of nitrogens with two attached hydrogens (primary N) is 1. The van der Waals surface area contributed by atoms with Crippen LogP contribution >= 0.6 is 0 Å². The Labute approximate surface area is 111 Å². The van der Waals surface area contributed by atoms with E-state index in [0.29, 0.717) is 12.0 Å². The summed E-state index contributed by atoms with van der Waals surface area (Å²) in [6, 6.07) is 1.12. The van der Waals surface area contributed by atoms with Gasteiger partial charge in [0.05, 0.1) is 5.60 Å². The molecule has 3 aliphatic rings. The van der Waals surface area contributed by atoms with E-state index in [1.54, 1.807) is 0 Å². The maximum atomic E-state index is 6.10. The van der Waals surface area contributed by atoms with Gasteiger partial charge in [-0.15, -0.1) is 0 Å². The molecule has 0 aromatic heterocycles. The number of ether oxygens (including phenoxy) is 1. The third-order valence-electron chi connectivity index (χ3n) is 5.48. The van der Waals surface area contributed by atoms with Gasteiger partial charge in [-0.2, -0.15) is 0 Å². The third-order valence-corrected chi connectivity index (χ3v) is 5.48. The van der Waals surface area contributed by atoms with Gasteiger partial charge in [0.1, 0.15) is 0 Å². The Morgan fingerprint density at radius 3 is 2.78 bits per heavy atom. The monoisotopic (exact) mass is 252 g/mol. The van der Waals surface area contributed by atoms with Crippen LogP contribution in [-0.4, -0.2) is 42.3 Å². The standard InChI is InChI=1S/C15H28N2O/c1-12(16)13-4-2-8-17(11-13)14-5-9-18-15(10-14)6-3-7-15/h12-14H,2-11,16H2,1H3. The molecule has 3 unspecified atom stereocenters. The molecule has 1 spiro atoms. The molecule has 1 saturated carbocycles. The Balaban J connectivity index is 1.59. The molecule has 3 heteroatoms. The SMILES string of the molecule is CC(N)C1CCCN(C2CCOC3(CCC3)C2)C1. The van der Waals surface area contributed by atoms with Crippen LogP contribution in [-0.2, 0) is 4.74 Å². The molecule has 2 heterocycles. The van der Waals surface area contributed by atoms with Gasteiger partial charge in [0.15, 0.2) is 0 Å². The maximum Gasteiger partial charge on any atom is 0.0697 e. The predicted molar refractivity (Wildman–Crippen MR) is 73.5 cm³/mol. The van der Waals surface area contributed by atoms with Crippen molar-refractivity contribution in [2.45, 2.75) is 69.6 Å². The fourth-order valence-electron chi connectivity index (χ4n) is 4.03. The zero-order valence-electron chi connectivity index (χ0n) is 11.7. The highest BCUT2D eigenvalue weighted by Crippen LogP contribution is 2.43. The second kappa shape index (κ2) is 5.10. The molecule has 0 aromatic rings. The highest BCUT2D eigenvalue weighted by Gasteiger charge is 2.44. The first kappa shape index (κ1) is 12.9. The van der Waals surface area contributed by atoms with Crippen molar-refractivity contribution in [2.75, 3.05) is 19.7 Å². The average Bonchev–Trinajstić information content (AvgIpc) is 2.37. The zero-order valence-corrected chi connectivity index (χ0v) is 11.7. The molecule has 3 atom stereocenters. The van der Waals surface area contributed by atoms with Gasteiger partial charge in [-0.1, -0.05) is 0 Å². The molecule has 0 radical (unpaired) electrons. The molecule has 0 amide bonds. The highest BCUT2D eigenvalue weighted by molar-refractivity contribution is 4.97. The summed E-state index contributed by atoms with van der Waals surface area (Å²) in [7, 11) is 0. The summed E-state index contributed by atoms with van der Waals surface area (Å²) in [6.07, 6.45) is 9.13. The number of likely N-dealkylation sites (tertiary alicyclic amines) is 1. The summed E-state index contributed by atoms with van der Waals surface area (Å²) < 4.78 is 6.05. The van der Waals surface area contributed by atoms with Crippen LogP contribution < -0.4 is 5.73 Å². The van der Waals surface area contributed by atoms with E-state index in [2.05, 4.69) is 11.8 Å². The quantitative estimate of drug-likeness (QED) is 0.818. The smallest absolute Gasteiger partial charge is 0.0697 e. The molecule has 3 rings (SSSR count). The van der Waals surface area contributed by atoms with Gasteiger partial charge >= 0.3 is 0 Å². The van der Waals surface area contributed by atoms with E-state index in [4.69, 9.17) is 10.5 Å². The van der Waals surface area contributed by atoms with E-state index in [9.17, 15) is 0 Å². The van der Waals surface area contributed by atoms with Gasteiger partial charge in [0, 0.05) is 25.2 Å². The van der Waals surface area contributed by atoms with Crippen molar-refractivity contribution in [1.82, 2.24) is 4.90 Å². The molecule has 3 fully saturated rings. The molecule has 1 aliphatic carbocycles. The van der Waals surface area contributed by atoms with Gasteiger partial charge in [-0.3, -0.25) is 4.90 Å². The second-order valence-electron chi connectivity index (χ2n) is 6.79. The van der Waals surface area contributed by atoms with Crippen LogP contribution in [0, 0.1) is 5.92 Å². The Bertz CT molecular complexity index is 288. The molecule has 3 nitrogen and oxygen atoms in total.